The molecule has 0 amide bonds. The van der Waals surface area contributed by atoms with Gasteiger partial charge in [0.2, 0.25) is 10.0 Å². The SMILES string of the molecule is O=C(O)CCCC=CCC1CCCC1NS(=O)(=O)C=Cc1cccc([N+](=O)[O-])c1. The van der Waals surface area contributed by atoms with Crippen LogP contribution >= 0.6 is 0 Å². The molecular formula is C20H26N2O6S. The van der Waals surface area contributed by atoms with Crippen molar-refractivity contribution in [1.82, 2.24) is 4.72 Å². The fourth-order valence-electron chi connectivity index (χ4n) is 3.39. The van der Waals surface area contributed by atoms with Crippen LogP contribution in [0.5, 0.6) is 0 Å². The molecule has 2 unspecified atom stereocenters. The molecule has 1 aromatic rings. The molecule has 9 heteroatoms. The lowest BCUT2D eigenvalue weighted by molar-refractivity contribution is -0.384. The number of carboxylic acids is 1. The Bertz CT molecular complexity index is 879. The second-order valence-electron chi connectivity index (χ2n) is 7.11. The van der Waals surface area contributed by atoms with E-state index in [9.17, 15) is 23.3 Å². The predicted octanol–water partition coefficient (Wildman–Crippen LogP) is 3.85. The summed E-state index contributed by atoms with van der Waals surface area (Å²) in [6.07, 6.45) is 10.1. The zero-order chi connectivity index (χ0) is 21.3. The molecule has 8 nitrogen and oxygen atoms in total. The molecule has 1 aromatic carbocycles. The van der Waals surface area contributed by atoms with Gasteiger partial charge in [0, 0.05) is 30.0 Å². The van der Waals surface area contributed by atoms with Crippen molar-refractivity contribution in [2.24, 2.45) is 5.92 Å². The summed E-state index contributed by atoms with van der Waals surface area (Å²) in [5, 5.41) is 20.5. The van der Waals surface area contributed by atoms with Gasteiger partial charge in [0.05, 0.1) is 4.92 Å². The highest BCUT2D eigenvalue weighted by molar-refractivity contribution is 7.92. The Labute approximate surface area is 170 Å². The van der Waals surface area contributed by atoms with E-state index < -0.39 is 20.9 Å². The number of allylic oxidation sites excluding steroid dienone is 2. The summed E-state index contributed by atoms with van der Waals surface area (Å²) in [6.45, 7) is 0. The molecule has 1 fully saturated rings. The first-order valence-corrected chi connectivity index (χ1v) is 11.1. The van der Waals surface area contributed by atoms with Gasteiger partial charge < -0.3 is 5.11 Å². The van der Waals surface area contributed by atoms with Crippen LogP contribution in [0.25, 0.3) is 6.08 Å². The van der Waals surface area contributed by atoms with E-state index in [-0.39, 0.29) is 24.1 Å². The van der Waals surface area contributed by atoms with Crippen molar-refractivity contribution in [2.75, 3.05) is 0 Å². The van der Waals surface area contributed by atoms with Crippen LogP contribution in [0.1, 0.15) is 50.5 Å². The molecule has 0 spiro atoms. The first kappa shape index (κ1) is 22.8. The summed E-state index contributed by atoms with van der Waals surface area (Å²) in [5.74, 6) is -0.603. The Morgan fingerprint density at radius 2 is 2.10 bits per heavy atom. The smallest absolute Gasteiger partial charge is 0.303 e. The highest BCUT2D eigenvalue weighted by atomic mass is 32.2. The maximum absolute atomic E-state index is 12.4. The summed E-state index contributed by atoms with van der Waals surface area (Å²) in [6, 6.07) is 5.63. The summed E-state index contributed by atoms with van der Waals surface area (Å²) in [4.78, 5) is 20.8. The number of aliphatic carboxylic acids is 1. The van der Waals surface area contributed by atoms with Crippen molar-refractivity contribution in [3.8, 4) is 0 Å². The molecule has 1 aliphatic rings. The lowest BCUT2D eigenvalue weighted by Gasteiger charge is -2.18. The number of nitrogens with one attached hydrogen (secondary N) is 1. The molecule has 0 aromatic heterocycles. The van der Waals surface area contributed by atoms with Crippen LogP contribution in [-0.4, -0.2) is 30.5 Å². The van der Waals surface area contributed by atoms with Crippen LogP contribution in [-0.2, 0) is 14.8 Å². The molecule has 2 atom stereocenters. The average Bonchev–Trinajstić information content (AvgIpc) is 3.09. The molecule has 158 valence electrons. The fraction of sp³-hybridized carbons (Fsp3) is 0.450. The Morgan fingerprint density at radius 1 is 1.31 bits per heavy atom. The number of sulfonamides is 1. The van der Waals surface area contributed by atoms with Crippen LogP contribution in [0.2, 0.25) is 0 Å². The Balaban J connectivity index is 1.89. The number of carboxylic acid groups (broad SMARTS) is 1. The largest absolute Gasteiger partial charge is 0.481 e. The lowest BCUT2D eigenvalue weighted by Crippen LogP contribution is -2.36. The van der Waals surface area contributed by atoms with E-state index in [2.05, 4.69) is 4.72 Å². The van der Waals surface area contributed by atoms with Gasteiger partial charge in [-0.15, -0.1) is 0 Å². The molecule has 0 heterocycles. The molecule has 29 heavy (non-hydrogen) atoms. The normalized spacial score (nSPS) is 19.9. The van der Waals surface area contributed by atoms with Gasteiger partial charge in [-0.05, 0) is 49.7 Å². The van der Waals surface area contributed by atoms with Crippen molar-refractivity contribution in [3.63, 3.8) is 0 Å². The first-order valence-electron chi connectivity index (χ1n) is 9.58. The van der Waals surface area contributed by atoms with Gasteiger partial charge >= 0.3 is 5.97 Å². The molecule has 0 saturated heterocycles. The number of nitro groups is 1. The van der Waals surface area contributed by atoms with Crippen LogP contribution in [0.15, 0.2) is 41.8 Å². The molecule has 2 N–H and O–H groups in total. The second-order valence-corrected chi connectivity index (χ2v) is 8.71. The van der Waals surface area contributed by atoms with Crippen molar-refractivity contribution in [1.29, 1.82) is 0 Å². The third kappa shape index (κ3) is 8.16. The third-order valence-corrected chi connectivity index (χ3v) is 5.99. The topological polar surface area (TPSA) is 127 Å². The number of carbonyl (C=O) groups is 1. The van der Waals surface area contributed by atoms with E-state index in [4.69, 9.17) is 5.11 Å². The van der Waals surface area contributed by atoms with Crippen molar-refractivity contribution < 1.29 is 23.2 Å². The maximum Gasteiger partial charge on any atom is 0.303 e. The van der Waals surface area contributed by atoms with Gasteiger partial charge in [-0.3, -0.25) is 14.9 Å². The number of non-ortho nitro benzene ring substituents is 1. The van der Waals surface area contributed by atoms with Gasteiger partial charge in [-0.1, -0.05) is 30.7 Å². The number of hydrogen-bond donors (Lipinski definition) is 2. The minimum atomic E-state index is -3.67. The molecule has 0 radical (unpaired) electrons. The van der Waals surface area contributed by atoms with Gasteiger partial charge in [-0.2, -0.15) is 0 Å². The van der Waals surface area contributed by atoms with E-state index in [0.29, 0.717) is 18.4 Å². The highest BCUT2D eigenvalue weighted by Gasteiger charge is 2.29. The van der Waals surface area contributed by atoms with Crippen molar-refractivity contribution in [3.05, 3.63) is 57.5 Å². The number of nitrogens with zero attached hydrogens (tertiary/aromatic N) is 1. The number of nitro benzene ring substituents is 1. The number of benzene rings is 1. The van der Waals surface area contributed by atoms with Gasteiger partial charge in [0.15, 0.2) is 0 Å². The standard InChI is InChI=1S/C20H26N2O6S/c23-20(24)12-4-2-1-3-8-17-9-6-11-19(17)21-29(27,28)14-13-16-7-5-10-18(15-16)22(25)26/h1,3,5,7,10,13-15,17,19,21H,2,4,6,8-9,11-12H2,(H,23,24). The summed E-state index contributed by atoms with van der Waals surface area (Å²) in [5.41, 5.74) is 0.348. The van der Waals surface area contributed by atoms with Crippen molar-refractivity contribution >= 4 is 27.8 Å². The fourth-order valence-corrected chi connectivity index (χ4v) is 4.54. The van der Waals surface area contributed by atoms with Crippen molar-refractivity contribution in [2.45, 2.75) is 51.0 Å². The number of unbranched alkanes of at least 4 members (excludes halogenated alkanes) is 1. The first-order chi connectivity index (χ1) is 13.8. The Kier molecular flexibility index (Phi) is 8.53. The summed E-state index contributed by atoms with van der Waals surface area (Å²) >= 11 is 0. The average molecular weight is 423 g/mol. The lowest BCUT2D eigenvalue weighted by atomic mass is 10.00. The van der Waals surface area contributed by atoms with E-state index in [1.54, 1.807) is 6.07 Å². The molecule has 0 bridgehead atoms. The summed E-state index contributed by atoms with van der Waals surface area (Å²) in [7, 11) is -3.67. The summed E-state index contributed by atoms with van der Waals surface area (Å²) < 4.78 is 27.5. The van der Waals surface area contributed by atoms with Gasteiger partial charge in [-0.25, -0.2) is 13.1 Å². The quantitative estimate of drug-likeness (QED) is 0.241. The van der Waals surface area contributed by atoms with E-state index >= 15 is 0 Å². The monoisotopic (exact) mass is 422 g/mol. The highest BCUT2D eigenvalue weighted by Crippen LogP contribution is 2.29. The Hall–Kier alpha value is -2.52. The van der Waals surface area contributed by atoms with Crippen LogP contribution in [0.4, 0.5) is 5.69 Å². The second kappa shape index (κ2) is 10.9. The minimum absolute atomic E-state index is 0.0940. The third-order valence-electron chi connectivity index (χ3n) is 4.86. The predicted molar refractivity (Wildman–Crippen MR) is 111 cm³/mol. The Morgan fingerprint density at radius 3 is 2.83 bits per heavy atom. The molecular weight excluding hydrogens is 396 g/mol. The molecule has 0 aliphatic heterocycles. The molecule has 2 rings (SSSR count). The van der Waals surface area contributed by atoms with Gasteiger partial charge in [0.25, 0.3) is 5.69 Å². The molecule has 1 saturated carbocycles. The van der Waals surface area contributed by atoms with E-state index in [1.807, 2.05) is 12.2 Å². The zero-order valence-electron chi connectivity index (χ0n) is 16.1. The number of hydrogen-bond acceptors (Lipinski definition) is 5. The van der Waals surface area contributed by atoms with E-state index in [1.165, 1.54) is 24.3 Å². The zero-order valence-corrected chi connectivity index (χ0v) is 16.9. The molecule has 1 aliphatic carbocycles. The van der Waals surface area contributed by atoms with Gasteiger partial charge in [0.1, 0.15) is 0 Å². The van der Waals surface area contributed by atoms with Crippen LogP contribution in [0, 0.1) is 16.0 Å². The minimum Gasteiger partial charge on any atom is -0.481 e. The maximum atomic E-state index is 12.4. The van der Waals surface area contributed by atoms with E-state index in [0.717, 1.165) is 31.1 Å². The van der Waals surface area contributed by atoms with Crippen LogP contribution < -0.4 is 4.72 Å². The number of rotatable bonds is 11. The van der Waals surface area contributed by atoms with Crippen LogP contribution in [0.3, 0.4) is 0 Å².